The summed E-state index contributed by atoms with van der Waals surface area (Å²) >= 11 is 0. The van der Waals surface area contributed by atoms with E-state index in [0.29, 0.717) is 12.0 Å². The first kappa shape index (κ1) is 22.6. The average Bonchev–Trinajstić information content (AvgIpc) is 3.34. The van der Waals surface area contributed by atoms with E-state index >= 15 is 0 Å². The molecule has 0 bridgehead atoms. The number of aromatic nitrogens is 3. The molecule has 2 aromatic heterocycles. The summed E-state index contributed by atoms with van der Waals surface area (Å²) in [5, 5.41) is 7.02. The first-order valence-electron chi connectivity index (χ1n) is 9.98. The maximum absolute atomic E-state index is 4.41. The van der Waals surface area contributed by atoms with Crippen LogP contribution in [0.5, 0.6) is 0 Å². The van der Waals surface area contributed by atoms with Crippen LogP contribution in [0, 0.1) is 11.3 Å². The Morgan fingerprint density at radius 2 is 2.04 bits per heavy atom. The molecule has 2 aromatic rings. The number of rotatable bonds is 7. The SMILES string of the molecule is CN=C(NCc1ccnc(-n2ccnc2)c1)NCC1(CC(C)C)CCCC1.I. The van der Waals surface area contributed by atoms with E-state index in [4.69, 9.17) is 0 Å². The number of nitrogens with one attached hydrogen (secondary N) is 2. The van der Waals surface area contributed by atoms with Gasteiger partial charge in [-0.2, -0.15) is 0 Å². The lowest BCUT2D eigenvalue weighted by atomic mass is 9.78. The molecular weight excluding hydrogens is 463 g/mol. The fraction of sp³-hybridized carbons (Fsp3) is 0.571. The maximum atomic E-state index is 4.41. The van der Waals surface area contributed by atoms with E-state index in [9.17, 15) is 0 Å². The second kappa shape index (κ2) is 10.8. The van der Waals surface area contributed by atoms with Crippen LogP contribution >= 0.6 is 24.0 Å². The molecule has 7 heteroatoms. The molecule has 0 spiro atoms. The topological polar surface area (TPSA) is 67.1 Å². The minimum atomic E-state index is 0. The maximum Gasteiger partial charge on any atom is 0.191 e. The molecule has 1 saturated carbocycles. The van der Waals surface area contributed by atoms with Crippen LogP contribution in [-0.4, -0.2) is 34.1 Å². The summed E-state index contributed by atoms with van der Waals surface area (Å²) < 4.78 is 1.91. The van der Waals surface area contributed by atoms with Crippen molar-refractivity contribution in [1.29, 1.82) is 0 Å². The highest BCUT2D eigenvalue weighted by molar-refractivity contribution is 14.0. The van der Waals surface area contributed by atoms with Gasteiger partial charge < -0.3 is 10.6 Å². The number of hydrogen-bond donors (Lipinski definition) is 2. The molecule has 6 nitrogen and oxygen atoms in total. The van der Waals surface area contributed by atoms with Crippen LogP contribution in [0.15, 0.2) is 42.0 Å². The summed E-state index contributed by atoms with van der Waals surface area (Å²) in [6.45, 7) is 6.37. The van der Waals surface area contributed by atoms with Gasteiger partial charge in [0, 0.05) is 38.7 Å². The lowest BCUT2D eigenvalue weighted by Gasteiger charge is -2.32. The fourth-order valence-electron chi connectivity index (χ4n) is 4.23. The fourth-order valence-corrected chi connectivity index (χ4v) is 4.23. The zero-order valence-corrected chi connectivity index (χ0v) is 19.5. The van der Waals surface area contributed by atoms with Gasteiger partial charge in [-0.25, -0.2) is 9.97 Å². The Kier molecular flexibility index (Phi) is 8.72. The number of hydrogen-bond acceptors (Lipinski definition) is 3. The van der Waals surface area contributed by atoms with E-state index in [1.165, 1.54) is 32.1 Å². The van der Waals surface area contributed by atoms with Crippen molar-refractivity contribution >= 4 is 29.9 Å². The van der Waals surface area contributed by atoms with E-state index in [0.717, 1.165) is 29.8 Å². The van der Waals surface area contributed by atoms with Gasteiger partial charge in [0.2, 0.25) is 0 Å². The largest absolute Gasteiger partial charge is 0.356 e. The summed E-state index contributed by atoms with van der Waals surface area (Å²) in [5.74, 6) is 2.47. The molecule has 2 N–H and O–H groups in total. The molecule has 0 radical (unpaired) electrons. The average molecular weight is 496 g/mol. The van der Waals surface area contributed by atoms with Crippen molar-refractivity contribution in [2.75, 3.05) is 13.6 Å². The molecule has 2 heterocycles. The summed E-state index contributed by atoms with van der Waals surface area (Å²) in [6.07, 6.45) is 13.9. The lowest BCUT2D eigenvalue weighted by Crippen LogP contribution is -2.43. The van der Waals surface area contributed by atoms with Gasteiger partial charge in [-0.15, -0.1) is 24.0 Å². The van der Waals surface area contributed by atoms with Gasteiger partial charge in [0.05, 0.1) is 0 Å². The smallest absolute Gasteiger partial charge is 0.191 e. The third-order valence-corrected chi connectivity index (χ3v) is 5.40. The second-order valence-electron chi connectivity index (χ2n) is 8.08. The van der Waals surface area contributed by atoms with Gasteiger partial charge in [-0.05, 0) is 48.3 Å². The van der Waals surface area contributed by atoms with Gasteiger partial charge in [0.25, 0.3) is 0 Å². The molecule has 0 aromatic carbocycles. The van der Waals surface area contributed by atoms with E-state index in [1.54, 1.807) is 12.5 Å². The first-order valence-corrected chi connectivity index (χ1v) is 9.98. The number of imidazole rings is 1. The number of pyridine rings is 1. The standard InChI is InChI=1S/C21H32N6.HI/c1-17(2)13-21(7-4-5-8-21)15-26-20(22-3)25-14-18-6-9-24-19(12-18)27-11-10-23-16-27;/h6,9-12,16-17H,4-5,7-8,13-15H2,1-3H3,(H2,22,25,26);1H. The minimum Gasteiger partial charge on any atom is -0.356 e. The minimum absolute atomic E-state index is 0. The highest BCUT2D eigenvalue weighted by atomic mass is 127. The van der Waals surface area contributed by atoms with Gasteiger partial charge in [0.15, 0.2) is 5.96 Å². The zero-order valence-electron chi connectivity index (χ0n) is 17.2. The molecular formula is C21H33IN6. The van der Waals surface area contributed by atoms with Crippen LogP contribution in [0.1, 0.15) is 51.5 Å². The van der Waals surface area contributed by atoms with Crippen LogP contribution in [0.25, 0.3) is 5.82 Å². The molecule has 0 aliphatic heterocycles. The number of guanidine groups is 1. The summed E-state index contributed by atoms with van der Waals surface area (Å²) in [4.78, 5) is 12.9. The third kappa shape index (κ3) is 6.18. The van der Waals surface area contributed by atoms with Crippen LogP contribution < -0.4 is 10.6 Å². The molecule has 1 aliphatic carbocycles. The number of nitrogens with zero attached hydrogens (tertiary/aromatic N) is 4. The molecule has 3 rings (SSSR count). The Balaban J connectivity index is 0.00000280. The van der Waals surface area contributed by atoms with Crippen molar-refractivity contribution in [2.45, 2.75) is 52.5 Å². The Morgan fingerprint density at radius 1 is 1.25 bits per heavy atom. The van der Waals surface area contributed by atoms with E-state index in [1.807, 2.05) is 30.1 Å². The Bertz CT molecular complexity index is 735. The van der Waals surface area contributed by atoms with Gasteiger partial charge in [-0.1, -0.05) is 26.7 Å². The lowest BCUT2D eigenvalue weighted by molar-refractivity contribution is 0.235. The highest BCUT2D eigenvalue weighted by Crippen LogP contribution is 2.42. The molecule has 0 unspecified atom stereocenters. The van der Waals surface area contributed by atoms with Gasteiger partial charge in [-0.3, -0.25) is 9.56 Å². The van der Waals surface area contributed by atoms with E-state index in [2.05, 4.69) is 45.5 Å². The first-order chi connectivity index (χ1) is 13.1. The third-order valence-electron chi connectivity index (χ3n) is 5.40. The molecule has 1 aliphatic rings. The number of aliphatic imine (C=N–C) groups is 1. The quantitative estimate of drug-likeness (QED) is 0.343. The molecule has 28 heavy (non-hydrogen) atoms. The van der Waals surface area contributed by atoms with Crippen LogP contribution in [0.4, 0.5) is 0 Å². The van der Waals surface area contributed by atoms with Crippen LogP contribution in [0.3, 0.4) is 0 Å². The highest BCUT2D eigenvalue weighted by Gasteiger charge is 2.34. The Morgan fingerprint density at radius 3 is 2.68 bits per heavy atom. The molecule has 0 saturated heterocycles. The molecule has 1 fully saturated rings. The molecule has 0 amide bonds. The Hall–Kier alpha value is -1.64. The van der Waals surface area contributed by atoms with Crippen LogP contribution in [0.2, 0.25) is 0 Å². The summed E-state index contributed by atoms with van der Waals surface area (Å²) in [5.41, 5.74) is 1.59. The second-order valence-corrected chi connectivity index (χ2v) is 8.08. The van der Waals surface area contributed by atoms with Crippen molar-refractivity contribution < 1.29 is 0 Å². The van der Waals surface area contributed by atoms with E-state index < -0.39 is 0 Å². The van der Waals surface area contributed by atoms with Crippen molar-refractivity contribution in [2.24, 2.45) is 16.3 Å². The van der Waals surface area contributed by atoms with Crippen molar-refractivity contribution in [3.63, 3.8) is 0 Å². The predicted octanol–water partition coefficient (Wildman–Crippen LogP) is 4.16. The van der Waals surface area contributed by atoms with Crippen LogP contribution in [-0.2, 0) is 6.54 Å². The van der Waals surface area contributed by atoms with Gasteiger partial charge in [0.1, 0.15) is 12.1 Å². The Labute approximate surface area is 185 Å². The monoisotopic (exact) mass is 496 g/mol. The summed E-state index contributed by atoms with van der Waals surface area (Å²) in [7, 11) is 1.84. The van der Waals surface area contributed by atoms with Crippen molar-refractivity contribution in [1.82, 2.24) is 25.2 Å². The van der Waals surface area contributed by atoms with Gasteiger partial charge >= 0.3 is 0 Å². The van der Waals surface area contributed by atoms with Crippen molar-refractivity contribution in [3.8, 4) is 5.82 Å². The predicted molar refractivity (Wildman–Crippen MR) is 125 cm³/mol. The number of halogens is 1. The van der Waals surface area contributed by atoms with E-state index in [-0.39, 0.29) is 24.0 Å². The normalized spacial score (nSPS) is 16.1. The summed E-state index contributed by atoms with van der Waals surface area (Å²) in [6, 6.07) is 4.09. The van der Waals surface area contributed by atoms with Crippen molar-refractivity contribution in [3.05, 3.63) is 42.6 Å². The molecule has 0 atom stereocenters. The molecule has 154 valence electrons. The zero-order chi connectivity index (χ0) is 19.1.